The monoisotopic (exact) mass is 300 g/mol. The minimum absolute atomic E-state index is 0.262. The number of carbonyl (C=O) groups is 1. The smallest absolute Gasteiger partial charge is 0.250 e. The van der Waals surface area contributed by atoms with Crippen LogP contribution in [-0.4, -0.2) is 11.0 Å². The third-order valence-corrected chi connectivity index (χ3v) is 3.02. The average molecular weight is 300 g/mol. The van der Waals surface area contributed by atoms with Gasteiger partial charge in [-0.2, -0.15) is 0 Å². The Morgan fingerprint density at radius 1 is 1.29 bits per heavy atom. The number of hydrogen-bond donors (Lipinski definition) is 2. The fourth-order valence-electron chi connectivity index (χ4n) is 1.72. The maximum Gasteiger partial charge on any atom is 0.250 e. The number of rotatable bonds is 3. The molecule has 1 amide bonds. The second-order valence-electron chi connectivity index (χ2n) is 4.61. The summed E-state index contributed by atoms with van der Waals surface area (Å²) in [6.07, 6.45) is 4.50. The third kappa shape index (κ3) is 4.57. The molecule has 0 aliphatic carbocycles. The molecular weight excluding hydrogens is 284 g/mol. The van der Waals surface area contributed by atoms with E-state index >= 15 is 0 Å². The highest BCUT2D eigenvalue weighted by Crippen LogP contribution is 2.16. The van der Waals surface area contributed by atoms with Gasteiger partial charge in [0.2, 0.25) is 5.91 Å². The van der Waals surface area contributed by atoms with Crippen LogP contribution in [-0.2, 0) is 4.79 Å². The lowest BCUT2D eigenvalue weighted by atomic mass is 10.1. The Bertz CT molecular complexity index is 676. The Hall–Kier alpha value is -2.40. The Balaban J connectivity index is 1.92. The molecule has 0 saturated carbocycles. The molecule has 0 atom stereocenters. The van der Waals surface area contributed by atoms with Crippen LogP contribution in [0.1, 0.15) is 16.9 Å². The van der Waals surface area contributed by atoms with Gasteiger partial charge < -0.3 is 9.73 Å². The summed E-state index contributed by atoms with van der Waals surface area (Å²) in [7, 11) is 0. The van der Waals surface area contributed by atoms with Gasteiger partial charge in [-0.25, -0.2) is 0 Å². The minimum atomic E-state index is -0.311. The van der Waals surface area contributed by atoms with Gasteiger partial charge in [0.1, 0.15) is 5.76 Å². The first-order chi connectivity index (χ1) is 10.0. The van der Waals surface area contributed by atoms with Crippen LogP contribution in [0.5, 0.6) is 0 Å². The number of hydrogen-bond acceptors (Lipinski definition) is 3. The van der Waals surface area contributed by atoms with Crippen LogP contribution in [0.3, 0.4) is 0 Å². The molecule has 2 rings (SSSR count). The van der Waals surface area contributed by atoms with Crippen molar-refractivity contribution in [2.45, 2.75) is 13.8 Å². The van der Waals surface area contributed by atoms with Crippen molar-refractivity contribution < 1.29 is 9.21 Å². The van der Waals surface area contributed by atoms with E-state index in [0.717, 1.165) is 16.8 Å². The summed E-state index contributed by atoms with van der Waals surface area (Å²) in [6.45, 7) is 3.97. The van der Waals surface area contributed by atoms with Crippen LogP contribution in [0.15, 0.2) is 47.1 Å². The molecule has 0 unspecified atom stereocenters. The Labute approximate surface area is 128 Å². The zero-order chi connectivity index (χ0) is 15.2. The molecule has 5 heteroatoms. The quantitative estimate of drug-likeness (QED) is 0.673. The third-order valence-electron chi connectivity index (χ3n) is 2.82. The van der Waals surface area contributed by atoms with Crippen LogP contribution >= 0.6 is 12.2 Å². The molecule has 1 heterocycles. The van der Waals surface area contributed by atoms with Crippen molar-refractivity contribution in [1.82, 2.24) is 5.32 Å². The van der Waals surface area contributed by atoms with Crippen molar-refractivity contribution in [3.63, 3.8) is 0 Å². The van der Waals surface area contributed by atoms with Gasteiger partial charge in [0, 0.05) is 11.8 Å². The van der Waals surface area contributed by atoms with Gasteiger partial charge in [0.15, 0.2) is 5.11 Å². The molecule has 0 bridgehead atoms. The number of anilines is 1. The van der Waals surface area contributed by atoms with Gasteiger partial charge in [-0.3, -0.25) is 10.1 Å². The SMILES string of the molecule is Cc1ccc(C)c(NC(=S)NC(=O)/C=C/c2ccco2)c1. The number of furan rings is 1. The van der Waals surface area contributed by atoms with Crippen LogP contribution < -0.4 is 10.6 Å². The predicted molar refractivity (Wildman–Crippen MR) is 88.0 cm³/mol. The van der Waals surface area contributed by atoms with E-state index in [1.54, 1.807) is 24.5 Å². The van der Waals surface area contributed by atoms with E-state index in [1.807, 2.05) is 32.0 Å². The van der Waals surface area contributed by atoms with E-state index in [1.165, 1.54) is 6.08 Å². The minimum Gasteiger partial charge on any atom is -0.465 e. The Kier molecular flexibility index (Phi) is 4.90. The van der Waals surface area contributed by atoms with Crippen molar-refractivity contribution in [2.24, 2.45) is 0 Å². The number of amides is 1. The molecular formula is C16H16N2O2S. The Morgan fingerprint density at radius 3 is 2.81 bits per heavy atom. The molecule has 0 radical (unpaired) electrons. The zero-order valence-corrected chi connectivity index (χ0v) is 12.7. The maximum absolute atomic E-state index is 11.7. The second kappa shape index (κ2) is 6.85. The van der Waals surface area contributed by atoms with E-state index in [-0.39, 0.29) is 11.0 Å². The normalized spacial score (nSPS) is 10.6. The van der Waals surface area contributed by atoms with Gasteiger partial charge in [-0.15, -0.1) is 0 Å². The predicted octanol–water partition coefficient (Wildman–Crippen LogP) is 3.42. The largest absolute Gasteiger partial charge is 0.465 e. The first kappa shape index (κ1) is 15.0. The summed E-state index contributed by atoms with van der Waals surface area (Å²) in [5.74, 6) is 0.299. The fourth-order valence-corrected chi connectivity index (χ4v) is 1.93. The lowest BCUT2D eigenvalue weighted by Crippen LogP contribution is -2.33. The highest BCUT2D eigenvalue weighted by atomic mass is 32.1. The number of aryl methyl sites for hydroxylation is 2. The molecule has 0 aliphatic heterocycles. The molecule has 0 saturated heterocycles. The van der Waals surface area contributed by atoms with Crippen molar-refractivity contribution >= 4 is 35.0 Å². The highest BCUT2D eigenvalue weighted by Gasteiger charge is 2.04. The number of benzene rings is 1. The summed E-state index contributed by atoms with van der Waals surface area (Å²) in [5, 5.41) is 5.87. The molecule has 2 aromatic rings. The van der Waals surface area contributed by atoms with Crippen molar-refractivity contribution in [3.8, 4) is 0 Å². The number of thiocarbonyl (C=S) groups is 1. The van der Waals surface area contributed by atoms with Gasteiger partial charge in [0.05, 0.1) is 6.26 Å². The van der Waals surface area contributed by atoms with Gasteiger partial charge >= 0.3 is 0 Å². The lowest BCUT2D eigenvalue weighted by molar-refractivity contribution is -0.115. The summed E-state index contributed by atoms with van der Waals surface area (Å²) in [5.41, 5.74) is 3.06. The molecule has 2 N–H and O–H groups in total. The lowest BCUT2D eigenvalue weighted by Gasteiger charge is -2.11. The fraction of sp³-hybridized carbons (Fsp3) is 0.125. The zero-order valence-electron chi connectivity index (χ0n) is 11.8. The molecule has 1 aromatic heterocycles. The van der Waals surface area contributed by atoms with Crippen molar-refractivity contribution in [3.05, 3.63) is 59.6 Å². The van der Waals surface area contributed by atoms with Crippen LogP contribution in [0.25, 0.3) is 6.08 Å². The van der Waals surface area contributed by atoms with Gasteiger partial charge in [-0.05, 0) is 61.5 Å². The summed E-state index contributed by atoms with van der Waals surface area (Å²) in [4.78, 5) is 11.7. The second-order valence-corrected chi connectivity index (χ2v) is 5.02. The molecule has 0 spiro atoms. The first-order valence-electron chi connectivity index (χ1n) is 6.45. The van der Waals surface area contributed by atoms with Gasteiger partial charge in [0.25, 0.3) is 0 Å². The van der Waals surface area contributed by atoms with E-state index < -0.39 is 0 Å². The van der Waals surface area contributed by atoms with Crippen molar-refractivity contribution in [2.75, 3.05) is 5.32 Å². The summed E-state index contributed by atoms with van der Waals surface area (Å²) >= 11 is 5.13. The van der Waals surface area contributed by atoms with Crippen LogP contribution in [0.4, 0.5) is 5.69 Å². The topological polar surface area (TPSA) is 54.3 Å². The van der Waals surface area contributed by atoms with E-state index in [9.17, 15) is 4.79 Å². The summed E-state index contributed by atoms with van der Waals surface area (Å²) in [6, 6.07) is 9.51. The summed E-state index contributed by atoms with van der Waals surface area (Å²) < 4.78 is 5.10. The number of nitrogens with one attached hydrogen (secondary N) is 2. The maximum atomic E-state index is 11.7. The van der Waals surface area contributed by atoms with Crippen LogP contribution in [0, 0.1) is 13.8 Å². The molecule has 108 valence electrons. The molecule has 0 aliphatic rings. The van der Waals surface area contributed by atoms with E-state index in [2.05, 4.69) is 10.6 Å². The van der Waals surface area contributed by atoms with Crippen molar-refractivity contribution in [1.29, 1.82) is 0 Å². The number of carbonyl (C=O) groups excluding carboxylic acids is 1. The van der Waals surface area contributed by atoms with E-state index in [0.29, 0.717) is 5.76 Å². The molecule has 21 heavy (non-hydrogen) atoms. The average Bonchev–Trinajstić information content (AvgIpc) is 2.94. The highest BCUT2D eigenvalue weighted by molar-refractivity contribution is 7.80. The Morgan fingerprint density at radius 2 is 2.10 bits per heavy atom. The van der Waals surface area contributed by atoms with Gasteiger partial charge in [-0.1, -0.05) is 12.1 Å². The van der Waals surface area contributed by atoms with Crippen LogP contribution in [0.2, 0.25) is 0 Å². The first-order valence-corrected chi connectivity index (χ1v) is 6.86. The molecule has 0 fully saturated rings. The molecule has 1 aromatic carbocycles. The standard InChI is InChI=1S/C16H16N2O2S/c1-11-5-6-12(2)14(10-11)17-16(21)18-15(19)8-7-13-4-3-9-20-13/h3-10H,1-2H3,(H2,17,18,19,21)/b8-7+. The molecule has 4 nitrogen and oxygen atoms in total. The van der Waals surface area contributed by atoms with E-state index in [4.69, 9.17) is 16.6 Å².